The van der Waals surface area contributed by atoms with Crippen LogP contribution in [0.5, 0.6) is 0 Å². The van der Waals surface area contributed by atoms with Gasteiger partial charge in [-0.2, -0.15) is 4.68 Å². The SMILES string of the molecule is C=C/C=C(\C=C/CC(=O)O)NC(=O)[C@H](Cc1ccccc1)NC(=O)/C=C/c1cc(Cl)ccc1-n1cnnn1. The highest BCUT2D eigenvalue weighted by molar-refractivity contribution is 6.30. The summed E-state index contributed by atoms with van der Waals surface area (Å²) >= 11 is 6.14. The van der Waals surface area contributed by atoms with E-state index in [9.17, 15) is 14.4 Å². The van der Waals surface area contributed by atoms with E-state index in [4.69, 9.17) is 16.7 Å². The molecule has 0 unspecified atom stereocenters. The summed E-state index contributed by atoms with van der Waals surface area (Å²) in [7, 11) is 0. The maximum atomic E-state index is 13.2. The van der Waals surface area contributed by atoms with Crippen LogP contribution in [0.25, 0.3) is 11.8 Å². The molecule has 10 nitrogen and oxygen atoms in total. The van der Waals surface area contributed by atoms with Crippen LogP contribution in [0.4, 0.5) is 0 Å². The van der Waals surface area contributed by atoms with Gasteiger partial charge in [0.05, 0.1) is 12.1 Å². The van der Waals surface area contributed by atoms with E-state index in [-0.39, 0.29) is 12.8 Å². The molecule has 0 bridgehead atoms. The van der Waals surface area contributed by atoms with Crippen molar-refractivity contribution in [2.75, 3.05) is 0 Å². The summed E-state index contributed by atoms with van der Waals surface area (Å²) in [5, 5.41) is 25.9. The van der Waals surface area contributed by atoms with E-state index in [2.05, 4.69) is 32.7 Å². The molecule has 1 heterocycles. The average Bonchev–Trinajstić information content (AvgIpc) is 3.42. The number of aromatic nitrogens is 4. The molecule has 0 aliphatic rings. The Labute approximate surface area is 224 Å². The van der Waals surface area contributed by atoms with E-state index in [1.807, 2.05) is 30.3 Å². The van der Waals surface area contributed by atoms with Crippen LogP contribution in [0.3, 0.4) is 0 Å². The van der Waals surface area contributed by atoms with Gasteiger partial charge in [0.2, 0.25) is 11.8 Å². The van der Waals surface area contributed by atoms with Gasteiger partial charge in [-0.25, -0.2) is 0 Å². The molecule has 2 amide bonds. The first kappa shape index (κ1) is 27.8. The van der Waals surface area contributed by atoms with Gasteiger partial charge in [-0.05, 0) is 52.4 Å². The van der Waals surface area contributed by atoms with Crippen LogP contribution in [0.2, 0.25) is 5.02 Å². The number of carbonyl (C=O) groups excluding carboxylic acids is 2. The number of benzene rings is 2. The molecule has 0 spiro atoms. The first-order chi connectivity index (χ1) is 18.4. The first-order valence-electron chi connectivity index (χ1n) is 11.4. The summed E-state index contributed by atoms with van der Waals surface area (Å²) in [5.74, 6) is -2.00. The molecule has 3 N–H and O–H groups in total. The zero-order valence-electron chi connectivity index (χ0n) is 20.2. The largest absolute Gasteiger partial charge is 0.481 e. The molecule has 1 atom stereocenters. The topological polar surface area (TPSA) is 139 Å². The van der Waals surface area contributed by atoms with Crippen molar-refractivity contribution in [3.05, 3.63) is 114 Å². The number of carboxylic acids is 1. The zero-order valence-corrected chi connectivity index (χ0v) is 21.0. The van der Waals surface area contributed by atoms with Crippen molar-refractivity contribution in [2.24, 2.45) is 0 Å². The lowest BCUT2D eigenvalue weighted by molar-refractivity contribution is -0.136. The quantitative estimate of drug-likeness (QED) is 0.240. The van der Waals surface area contributed by atoms with Gasteiger partial charge in [-0.1, -0.05) is 60.7 Å². The third-order valence-corrected chi connectivity index (χ3v) is 5.31. The van der Waals surface area contributed by atoms with Gasteiger partial charge >= 0.3 is 5.97 Å². The molecule has 0 saturated heterocycles. The number of allylic oxidation sites excluding steroid dienone is 3. The van der Waals surface area contributed by atoms with Crippen molar-refractivity contribution < 1.29 is 19.5 Å². The Kier molecular flexibility index (Phi) is 10.3. The highest BCUT2D eigenvalue weighted by Gasteiger charge is 2.21. The number of nitrogens with one attached hydrogen (secondary N) is 2. The summed E-state index contributed by atoms with van der Waals surface area (Å²) in [6.07, 6.45) is 10.1. The number of tetrazole rings is 1. The van der Waals surface area contributed by atoms with Crippen molar-refractivity contribution in [1.29, 1.82) is 0 Å². The van der Waals surface area contributed by atoms with Crippen molar-refractivity contribution >= 4 is 35.5 Å². The molecule has 3 aromatic rings. The molecule has 0 aliphatic carbocycles. The smallest absolute Gasteiger partial charge is 0.307 e. The second kappa shape index (κ2) is 14.0. The number of halogens is 1. The monoisotopic (exact) mass is 532 g/mol. The van der Waals surface area contributed by atoms with Crippen LogP contribution in [0.15, 0.2) is 97.5 Å². The molecule has 194 valence electrons. The number of hydrogen-bond acceptors (Lipinski definition) is 6. The van der Waals surface area contributed by atoms with E-state index < -0.39 is 23.8 Å². The third-order valence-electron chi connectivity index (χ3n) is 5.07. The van der Waals surface area contributed by atoms with E-state index in [1.54, 1.807) is 24.3 Å². The van der Waals surface area contributed by atoms with Crippen LogP contribution >= 0.6 is 11.6 Å². The van der Waals surface area contributed by atoms with Gasteiger partial charge in [0.15, 0.2) is 0 Å². The molecule has 0 radical (unpaired) electrons. The summed E-state index contributed by atoms with van der Waals surface area (Å²) in [6.45, 7) is 3.62. The average molecular weight is 533 g/mol. The maximum Gasteiger partial charge on any atom is 0.307 e. The second-order valence-electron chi connectivity index (χ2n) is 7.89. The predicted molar refractivity (Wildman–Crippen MR) is 143 cm³/mol. The van der Waals surface area contributed by atoms with Gasteiger partial charge < -0.3 is 15.7 Å². The zero-order chi connectivity index (χ0) is 27.3. The molecule has 0 saturated carbocycles. The Morgan fingerprint density at radius 1 is 1.13 bits per heavy atom. The summed E-state index contributed by atoms with van der Waals surface area (Å²) in [6, 6.07) is 13.3. The maximum absolute atomic E-state index is 13.2. The van der Waals surface area contributed by atoms with Crippen LogP contribution in [-0.2, 0) is 20.8 Å². The molecule has 0 fully saturated rings. The minimum absolute atomic E-state index is 0.213. The predicted octanol–water partition coefficient (Wildman–Crippen LogP) is 3.27. The van der Waals surface area contributed by atoms with Crippen molar-refractivity contribution in [3.63, 3.8) is 0 Å². The number of amides is 2. The van der Waals surface area contributed by atoms with Gasteiger partial charge in [0.25, 0.3) is 0 Å². The molecule has 0 aliphatic heterocycles. The number of nitrogens with zero attached hydrogens (tertiary/aromatic N) is 4. The normalized spacial score (nSPS) is 12.4. The fourth-order valence-electron chi connectivity index (χ4n) is 3.37. The van der Waals surface area contributed by atoms with Crippen LogP contribution in [-0.4, -0.2) is 49.1 Å². The highest BCUT2D eigenvalue weighted by Crippen LogP contribution is 2.20. The summed E-state index contributed by atoms with van der Waals surface area (Å²) < 4.78 is 1.44. The number of aliphatic carboxylic acids is 1. The van der Waals surface area contributed by atoms with Crippen LogP contribution in [0.1, 0.15) is 17.5 Å². The Morgan fingerprint density at radius 3 is 2.61 bits per heavy atom. The molecule has 38 heavy (non-hydrogen) atoms. The second-order valence-corrected chi connectivity index (χ2v) is 8.33. The van der Waals surface area contributed by atoms with Gasteiger partial charge in [-0.15, -0.1) is 5.10 Å². The van der Waals surface area contributed by atoms with Crippen LogP contribution in [0, 0.1) is 0 Å². The Bertz CT molecular complexity index is 1370. The van der Waals surface area contributed by atoms with E-state index >= 15 is 0 Å². The molecular formula is C27H25ClN6O4. The number of carbonyl (C=O) groups is 3. The van der Waals surface area contributed by atoms with Gasteiger partial charge in [0.1, 0.15) is 12.4 Å². The number of carboxylic acid groups (broad SMARTS) is 1. The van der Waals surface area contributed by atoms with Crippen molar-refractivity contribution in [3.8, 4) is 5.69 Å². The van der Waals surface area contributed by atoms with E-state index in [0.717, 1.165) is 5.56 Å². The summed E-state index contributed by atoms with van der Waals surface area (Å²) in [5.41, 5.74) is 2.36. The minimum Gasteiger partial charge on any atom is -0.481 e. The lowest BCUT2D eigenvalue weighted by Crippen LogP contribution is -2.47. The van der Waals surface area contributed by atoms with Gasteiger partial charge in [0, 0.05) is 28.8 Å². The standard InChI is InChI=1S/C27H25ClN6O4/c1-2-7-22(10-6-11-26(36)37)30-27(38)23(16-19-8-4-3-5-9-19)31-25(35)15-12-20-17-21(28)13-14-24(20)34-18-29-32-33-34/h2-10,12-15,17-18,23H,1,11,16H2,(H,30,38)(H,31,35)(H,36,37)/b10-6-,15-12+,22-7+/t23-/m0/s1. The Hall–Kier alpha value is -4.83. The van der Waals surface area contributed by atoms with E-state index in [0.29, 0.717) is 22.0 Å². The Morgan fingerprint density at radius 2 is 1.92 bits per heavy atom. The number of rotatable bonds is 12. The van der Waals surface area contributed by atoms with Crippen molar-refractivity contribution in [2.45, 2.75) is 18.9 Å². The first-order valence-corrected chi connectivity index (χ1v) is 11.8. The molecular weight excluding hydrogens is 508 g/mol. The highest BCUT2D eigenvalue weighted by atomic mass is 35.5. The lowest BCUT2D eigenvalue weighted by atomic mass is 10.0. The van der Waals surface area contributed by atoms with Gasteiger partial charge in [-0.3, -0.25) is 14.4 Å². The minimum atomic E-state index is -1.01. The van der Waals surface area contributed by atoms with Crippen molar-refractivity contribution in [1.82, 2.24) is 30.8 Å². The fraction of sp³-hybridized carbons (Fsp3) is 0.111. The lowest BCUT2D eigenvalue weighted by Gasteiger charge is -2.18. The third kappa shape index (κ3) is 8.68. The molecule has 1 aromatic heterocycles. The fourth-order valence-corrected chi connectivity index (χ4v) is 3.55. The van der Waals surface area contributed by atoms with Crippen LogP contribution < -0.4 is 10.6 Å². The Balaban J connectivity index is 1.80. The molecule has 2 aromatic carbocycles. The summed E-state index contributed by atoms with van der Waals surface area (Å²) in [4.78, 5) is 36.9. The molecule has 3 rings (SSSR count). The molecule has 11 heteroatoms. The number of hydrogen-bond donors (Lipinski definition) is 3. The van der Waals surface area contributed by atoms with E-state index in [1.165, 1.54) is 41.4 Å².